The molecule has 0 fully saturated rings. The van der Waals surface area contributed by atoms with Crippen LogP contribution in [0.4, 0.5) is 0 Å². The Balaban J connectivity index is 1.81. The molecule has 0 amide bonds. The molecule has 2 nitrogen and oxygen atoms in total. The molecule has 0 unspecified atom stereocenters. The fourth-order valence-electron chi connectivity index (χ4n) is 7.41. The van der Waals surface area contributed by atoms with Gasteiger partial charge in [0, 0.05) is 27.1 Å². The summed E-state index contributed by atoms with van der Waals surface area (Å²) in [6.45, 7) is 33.5. The quantitative estimate of drug-likeness (QED) is 0.115. The van der Waals surface area contributed by atoms with Crippen molar-refractivity contribution in [1.29, 1.82) is 0 Å². The molecule has 0 aliphatic carbocycles. The van der Waals surface area contributed by atoms with Crippen LogP contribution in [-0.4, -0.2) is 28.0 Å². The number of aromatic hydroxyl groups is 2. The Labute approximate surface area is 354 Å². The van der Waals surface area contributed by atoms with Crippen LogP contribution in [0.1, 0.15) is 128 Å². The third-order valence-electron chi connectivity index (χ3n) is 11.0. The summed E-state index contributed by atoms with van der Waals surface area (Å²) in [5.41, 5.74) is 15.4. The molecule has 0 aliphatic heterocycles. The van der Waals surface area contributed by atoms with E-state index in [0.717, 1.165) is 84.0 Å². The molecule has 5 aromatic rings. The van der Waals surface area contributed by atoms with Crippen molar-refractivity contribution in [3.63, 3.8) is 0 Å². The molecule has 0 saturated heterocycles. The Morgan fingerprint density at radius 1 is 0.404 bits per heavy atom. The average Bonchev–Trinajstić information content (AvgIpc) is 3.10. The minimum absolute atomic E-state index is 0.0542. The van der Waals surface area contributed by atoms with Crippen molar-refractivity contribution in [3.8, 4) is 56.0 Å². The maximum Gasteiger partial charge on any atom is 0.131 e. The number of phenolic OH excluding ortho intramolecular Hbond substituents is 2. The number of hydrogen-bond donors (Lipinski definition) is 2. The Kier molecular flexibility index (Phi) is 12.9. The fraction of sp³-hybridized carbons (Fsp3) is 0.434. The van der Waals surface area contributed by atoms with Crippen LogP contribution in [0.5, 0.6) is 11.5 Å². The molecule has 4 heteroatoms. The zero-order valence-corrected chi connectivity index (χ0v) is 39.4. The van der Waals surface area contributed by atoms with Crippen LogP contribution < -0.4 is 0 Å². The van der Waals surface area contributed by atoms with Crippen LogP contribution in [0, 0.1) is 20.8 Å². The van der Waals surface area contributed by atoms with Gasteiger partial charge in [-0.05, 0) is 152 Å². The number of phenols is 2. The first kappa shape index (κ1) is 44.5. The molecule has 0 aromatic heterocycles. The van der Waals surface area contributed by atoms with Crippen LogP contribution in [0.2, 0.25) is 0 Å². The number of aryl methyl sites for hydroxylation is 3. The van der Waals surface area contributed by atoms with Gasteiger partial charge in [0.1, 0.15) is 11.5 Å². The highest BCUT2D eigenvalue weighted by Gasteiger charge is 2.27. The van der Waals surface area contributed by atoms with Crippen molar-refractivity contribution in [2.75, 3.05) is 17.8 Å². The normalized spacial score (nSPS) is 12.7. The van der Waals surface area contributed by atoms with Gasteiger partial charge in [-0.1, -0.05) is 132 Å². The molecule has 5 aromatic carbocycles. The van der Waals surface area contributed by atoms with E-state index >= 15 is 0 Å². The molecular weight excluding hydrogens is 733 g/mol. The minimum Gasteiger partial charge on any atom is -0.507 e. The SMILES string of the molecule is CSCCCSc1c(-c2cc(C)cc(-c3cc(C(C)(C)C)cc(C(C)(C)C)c3)c2O)cc(C)cc1-c1cc(C)cc(-c2cc(C(C)(C)C)cc(C(C)(C)C)c2)c1O. The largest absolute Gasteiger partial charge is 0.507 e. The summed E-state index contributed by atoms with van der Waals surface area (Å²) in [7, 11) is 0. The van der Waals surface area contributed by atoms with Gasteiger partial charge in [0.25, 0.3) is 0 Å². The third-order valence-corrected chi connectivity index (χ3v) is 12.9. The molecule has 0 radical (unpaired) electrons. The molecule has 2 N–H and O–H groups in total. The maximum atomic E-state index is 12.5. The molecule has 0 atom stereocenters. The lowest BCUT2D eigenvalue weighted by Crippen LogP contribution is -2.16. The zero-order valence-electron chi connectivity index (χ0n) is 37.8. The van der Waals surface area contributed by atoms with Crippen molar-refractivity contribution in [3.05, 3.63) is 112 Å². The molecular formula is C53H68O2S2. The molecule has 304 valence electrons. The van der Waals surface area contributed by atoms with Crippen molar-refractivity contribution < 1.29 is 10.2 Å². The molecule has 0 spiro atoms. The topological polar surface area (TPSA) is 40.5 Å². The fourth-order valence-corrected chi connectivity index (χ4v) is 9.17. The predicted octanol–water partition coefficient (Wildman–Crippen LogP) is 15.7. The standard InChI is InChI=1S/C53H68O2S2/c1-32-20-41(35-26-37(50(4,5)6)30-38(27-35)51(7,8)9)47(54)43(22-32)45-24-34(3)25-46(49(45)57-19-17-18-56-16)44-23-33(2)21-42(48(44)55)36-28-39(52(10,11)12)31-40(29-36)53(13,14)15/h20-31,54-55H,17-19H2,1-16H3. The molecule has 0 bridgehead atoms. The van der Waals surface area contributed by atoms with E-state index in [1.165, 1.54) is 22.3 Å². The minimum atomic E-state index is -0.0542. The second-order valence-corrected chi connectivity index (χ2v) is 22.5. The first-order chi connectivity index (χ1) is 26.3. The van der Waals surface area contributed by atoms with Gasteiger partial charge < -0.3 is 10.2 Å². The van der Waals surface area contributed by atoms with Crippen LogP contribution in [-0.2, 0) is 21.7 Å². The van der Waals surface area contributed by atoms with Gasteiger partial charge >= 0.3 is 0 Å². The van der Waals surface area contributed by atoms with Gasteiger partial charge in [-0.2, -0.15) is 11.8 Å². The molecule has 0 heterocycles. The highest BCUT2D eigenvalue weighted by molar-refractivity contribution is 8.00. The second kappa shape index (κ2) is 16.6. The van der Waals surface area contributed by atoms with Crippen molar-refractivity contribution in [1.82, 2.24) is 0 Å². The zero-order chi connectivity index (χ0) is 42.4. The summed E-state index contributed by atoms with van der Waals surface area (Å²) in [5, 5.41) is 25.0. The Bertz CT molecular complexity index is 2050. The van der Waals surface area contributed by atoms with Gasteiger partial charge in [-0.25, -0.2) is 0 Å². The summed E-state index contributed by atoms with van der Waals surface area (Å²) in [4.78, 5) is 1.08. The molecule has 0 aliphatic rings. The molecule has 0 saturated carbocycles. The lowest BCUT2D eigenvalue weighted by atomic mass is 9.78. The van der Waals surface area contributed by atoms with Crippen molar-refractivity contribution >= 4 is 23.5 Å². The Morgan fingerprint density at radius 3 is 1.00 bits per heavy atom. The Hall–Kier alpha value is -3.60. The summed E-state index contributed by atoms with van der Waals surface area (Å²) in [5.74, 6) is 2.58. The van der Waals surface area contributed by atoms with Gasteiger partial charge in [0.05, 0.1) is 0 Å². The summed E-state index contributed by atoms with van der Waals surface area (Å²) < 4.78 is 0. The van der Waals surface area contributed by atoms with Crippen molar-refractivity contribution in [2.45, 2.75) is 137 Å². The van der Waals surface area contributed by atoms with Crippen LogP contribution in [0.3, 0.4) is 0 Å². The van der Waals surface area contributed by atoms with Crippen LogP contribution >= 0.6 is 23.5 Å². The van der Waals surface area contributed by atoms with Gasteiger partial charge in [-0.15, -0.1) is 11.8 Å². The number of hydrogen-bond acceptors (Lipinski definition) is 4. The summed E-state index contributed by atoms with van der Waals surface area (Å²) in [6.07, 6.45) is 3.21. The summed E-state index contributed by atoms with van der Waals surface area (Å²) in [6, 6.07) is 26.7. The van der Waals surface area contributed by atoms with Gasteiger partial charge in [0.15, 0.2) is 0 Å². The van der Waals surface area contributed by atoms with E-state index in [1.54, 1.807) is 0 Å². The van der Waals surface area contributed by atoms with E-state index in [4.69, 9.17) is 0 Å². The highest BCUT2D eigenvalue weighted by Crippen LogP contribution is 2.50. The van der Waals surface area contributed by atoms with E-state index in [0.29, 0.717) is 0 Å². The van der Waals surface area contributed by atoms with Crippen LogP contribution in [0.25, 0.3) is 44.5 Å². The first-order valence-corrected chi connectivity index (χ1v) is 22.9. The maximum absolute atomic E-state index is 12.5. The highest BCUT2D eigenvalue weighted by atomic mass is 32.2. The number of benzene rings is 5. The summed E-state index contributed by atoms with van der Waals surface area (Å²) >= 11 is 3.70. The van der Waals surface area contributed by atoms with E-state index in [1.807, 2.05) is 23.5 Å². The van der Waals surface area contributed by atoms with E-state index < -0.39 is 0 Å². The lowest BCUT2D eigenvalue weighted by molar-refractivity contribution is 0.479. The smallest absolute Gasteiger partial charge is 0.131 e. The predicted molar refractivity (Wildman–Crippen MR) is 254 cm³/mol. The van der Waals surface area contributed by atoms with E-state index in [2.05, 4.69) is 183 Å². The first-order valence-electron chi connectivity index (χ1n) is 20.6. The van der Waals surface area contributed by atoms with Crippen LogP contribution in [0.15, 0.2) is 77.7 Å². The lowest BCUT2D eigenvalue weighted by Gasteiger charge is -2.27. The van der Waals surface area contributed by atoms with E-state index in [9.17, 15) is 10.2 Å². The van der Waals surface area contributed by atoms with Gasteiger partial charge in [0.2, 0.25) is 0 Å². The number of rotatable bonds is 9. The van der Waals surface area contributed by atoms with Crippen molar-refractivity contribution in [2.24, 2.45) is 0 Å². The second-order valence-electron chi connectivity index (χ2n) is 20.4. The monoisotopic (exact) mass is 800 g/mol. The Morgan fingerprint density at radius 2 is 0.702 bits per heavy atom. The average molecular weight is 801 g/mol. The third kappa shape index (κ3) is 10.2. The van der Waals surface area contributed by atoms with Gasteiger partial charge in [-0.3, -0.25) is 0 Å². The van der Waals surface area contributed by atoms with E-state index in [-0.39, 0.29) is 33.2 Å². The molecule has 57 heavy (non-hydrogen) atoms. The number of thioether (sulfide) groups is 2. The molecule has 5 rings (SSSR count).